The van der Waals surface area contributed by atoms with Gasteiger partial charge in [0.05, 0.1) is 7.11 Å². The van der Waals surface area contributed by atoms with Crippen molar-refractivity contribution in [1.29, 1.82) is 0 Å². The number of hydrogen-bond donors (Lipinski definition) is 2. The predicted molar refractivity (Wildman–Crippen MR) is 62.0 cm³/mol. The predicted octanol–water partition coefficient (Wildman–Crippen LogP) is 0.433. The maximum absolute atomic E-state index is 5.53. The molecule has 88 valence electrons. The molecule has 0 aliphatic rings. The van der Waals surface area contributed by atoms with E-state index in [1.165, 1.54) is 0 Å². The molecule has 6 heteroatoms. The zero-order valence-corrected chi connectivity index (χ0v) is 9.37. The van der Waals surface area contributed by atoms with Crippen LogP contribution in [-0.4, -0.2) is 22.1 Å². The lowest BCUT2D eigenvalue weighted by Gasteiger charge is -2.16. The van der Waals surface area contributed by atoms with Crippen molar-refractivity contribution in [3.63, 3.8) is 0 Å². The standard InChI is InChI=1S/C11H13N5O/c1-17-8-4-2-5-13-9(8)10(16-12)11-14-6-3-7-15-11/h2-7,10,16H,12H2,1H3. The second kappa shape index (κ2) is 5.33. The van der Waals surface area contributed by atoms with E-state index in [1.807, 2.05) is 6.07 Å². The summed E-state index contributed by atoms with van der Waals surface area (Å²) in [6, 6.07) is 4.96. The number of nitrogens with one attached hydrogen (secondary N) is 1. The molecule has 6 nitrogen and oxygen atoms in total. The topological polar surface area (TPSA) is 86.0 Å². The Kier molecular flexibility index (Phi) is 3.59. The van der Waals surface area contributed by atoms with Crippen LogP contribution in [-0.2, 0) is 0 Å². The van der Waals surface area contributed by atoms with Gasteiger partial charge in [0.1, 0.15) is 17.5 Å². The molecule has 0 aromatic carbocycles. The molecule has 17 heavy (non-hydrogen) atoms. The van der Waals surface area contributed by atoms with E-state index in [2.05, 4.69) is 20.4 Å². The molecule has 0 bridgehead atoms. The molecule has 0 amide bonds. The van der Waals surface area contributed by atoms with Gasteiger partial charge in [-0.2, -0.15) is 0 Å². The van der Waals surface area contributed by atoms with Crippen molar-refractivity contribution in [2.75, 3.05) is 7.11 Å². The second-order valence-electron chi connectivity index (χ2n) is 3.30. The van der Waals surface area contributed by atoms with Gasteiger partial charge >= 0.3 is 0 Å². The number of hydrazine groups is 1. The Bertz CT molecular complexity index is 476. The fourth-order valence-electron chi connectivity index (χ4n) is 1.53. The van der Waals surface area contributed by atoms with Gasteiger partial charge in [-0.25, -0.2) is 15.4 Å². The van der Waals surface area contributed by atoms with Gasteiger partial charge in [0.25, 0.3) is 0 Å². The number of nitrogens with two attached hydrogens (primary N) is 1. The summed E-state index contributed by atoms with van der Waals surface area (Å²) < 4.78 is 5.24. The van der Waals surface area contributed by atoms with Crippen LogP contribution in [0, 0.1) is 0 Å². The molecular formula is C11H13N5O. The molecule has 0 radical (unpaired) electrons. The first-order valence-corrected chi connectivity index (χ1v) is 5.08. The van der Waals surface area contributed by atoms with Crippen molar-refractivity contribution in [1.82, 2.24) is 20.4 Å². The van der Waals surface area contributed by atoms with Crippen LogP contribution in [0.4, 0.5) is 0 Å². The van der Waals surface area contributed by atoms with E-state index in [0.29, 0.717) is 17.3 Å². The Morgan fingerprint density at radius 2 is 1.88 bits per heavy atom. The zero-order valence-electron chi connectivity index (χ0n) is 9.37. The lowest BCUT2D eigenvalue weighted by molar-refractivity contribution is 0.399. The Morgan fingerprint density at radius 1 is 1.18 bits per heavy atom. The van der Waals surface area contributed by atoms with E-state index in [4.69, 9.17) is 10.6 Å². The number of methoxy groups -OCH3 is 1. The Labute approximate surface area is 98.9 Å². The maximum atomic E-state index is 5.53. The summed E-state index contributed by atoms with van der Waals surface area (Å²) in [5.74, 6) is 6.72. The fourth-order valence-corrected chi connectivity index (χ4v) is 1.53. The molecule has 1 unspecified atom stereocenters. The molecular weight excluding hydrogens is 218 g/mol. The van der Waals surface area contributed by atoms with Crippen LogP contribution in [0.5, 0.6) is 5.75 Å². The van der Waals surface area contributed by atoms with E-state index in [1.54, 1.807) is 37.8 Å². The van der Waals surface area contributed by atoms with Gasteiger partial charge in [-0.15, -0.1) is 0 Å². The van der Waals surface area contributed by atoms with Crippen LogP contribution in [0.15, 0.2) is 36.8 Å². The van der Waals surface area contributed by atoms with E-state index >= 15 is 0 Å². The van der Waals surface area contributed by atoms with Crippen molar-refractivity contribution in [2.45, 2.75) is 6.04 Å². The van der Waals surface area contributed by atoms with Crippen molar-refractivity contribution >= 4 is 0 Å². The van der Waals surface area contributed by atoms with Crippen LogP contribution in [0.3, 0.4) is 0 Å². The van der Waals surface area contributed by atoms with Crippen LogP contribution in [0.25, 0.3) is 0 Å². The van der Waals surface area contributed by atoms with E-state index in [-0.39, 0.29) is 0 Å². The Balaban J connectivity index is 2.42. The van der Waals surface area contributed by atoms with Gasteiger partial charge in [-0.05, 0) is 18.2 Å². The third-order valence-electron chi connectivity index (χ3n) is 2.30. The van der Waals surface area contributed by atoms with Gasteiger partial charge in [0.2, 0.25) is 0 Å². The highest BCUT2D eigenvalue weighted by atomic mass is 16.5. The zero-order chi connectivity index (χ0) is 12.1. The minimum Gasteiger partial charge on any atom is -0.495 e. The minimum atomic E-state index is -0.396. The molecule has 3 N–H and O–H groups in total. The number of nitrogens with zero attached hydrogens (tertiary/aromatic N) is 3. The first-order chi connectivity index (χ1) is 8.36. The molecule has 0 fully saturated rings. The molecule has 0 aliphatic carbocycles. The van der Waals surface area contributed by atoms with Gasteiger partial charge in [-0.1, -0.05) is 0 Å². The van der Waals surface area contributed by atoms with Crippen LogP contribution in [0.1, 0.15) is 17.6 Å². The van der Waals surface area contributed by atoms with Gasteiger partial charge < -0.3 is 4.74 Å². The average Bonchev–Trinajstić information content (AvgIpc) is 2.41. The summed E-state index contributed by atoms with van der Waals surface area (Å²) in [6.07, 6.45) is 4.98. The average molecular weight is 231 g/mol. The lowest BCUT2D eigenvalue weighted by Crippen LogP contribution is -2.31. The van der Waals surface area contributed by atoms with Gasteiger partial charge in [0, 0.05) is 18.6 Å². The van der Waals surface area contributed by atoms with Crippen molar-refractivity contribution < 1.29 is 4.74 Å². The summed E-state index contributed by atoms with van der Waals surface area (Å²) in [7, 11) is 1.58. The van der Waals surface area contributed by atoms with Crippen molar-refractivity contribution in [3.05, 3.63) is 48.3 Å². The number of rotatable bonds is 4. The molecule has 1 atom stereocenters. The molecule has 2 aromatic heterocycles. The molecule has 0 saturated heterocycles. The lowest BCUT2D eigenvalue weighted by atomic mass is 10.1. The van der Waals surface area contributed by atoms with E-state index in [0.717, 1.165) is 0 Å². The summed E-state index contributed by atoms with van der Waals surface area (Å²) in [4.78, 5) is 12.6. The molecule has 0 spiro atoms. The monoisotopic (exact) mass is 231 g/mol. The first-order valence-electron chi connectivity index (χ1n) is 5.08. The molecule has 2 aromatic rings. The number of hydrogen-bond acceptors (Lipinski definition) is 6. The highest BCUT2D eigenvalue weighted by molar-refractivity contribution is 5.32. The minimum absolute atomic E-state index is 0.396. The third-order valence-corrected chi connectivity index (χ3v) is 2.30. The molecule has 2 rings (SSSR count). The highest BCUT2D eigenvalue weighted by Gasteiger charge is 2.20. The summed E-state index contributed by atoms with van der Waals surface area (Å²) >= 11 is 0. The molecule has 0 aliphatic heterocycles. The maximum Gasteiger partial charge on any atom is 0.152 e. The number of aromatic nitrogens is 3. The number of ether oxygens (including phenoxy) is 1. The Morgan fingerprint density at radius 3 is 2.53 bits per heavy atom. The quantitative estimate of drug-likeness (QED) is 0.586. The SMILES string of the molecule is COc1cccnc1C(NN)c1ncccn1. The summed E-state index contributed by atoms with van der Waals surface area (Å²) in [5.41, 5.74) is 3.30. The number of pyridine rings is 1. The van der Waals surface area contributed by atoms with Crippen LogP contribution < -0.4 is 16.0 Å². The fraction of sp³-hybridized carbons (Fsp3) is 0.182. The van der Waals surface area contributed by atoms with Gasteiger partial charge in [0.15, 0.2) is 5.82 Å². The Hall–Kier alpha value is -2.05. The van der Waals surface area contributed by atoms with Crippen LogP contribution >= 0.6 is 0 Å². The largest absolute Gasteiger partial charge is 0.495 e. The van der Waals surface area contributed by atoms with Crippen molar-refractivity contribution in [2.24, 2.45) is 5.84 Å². The first kappa shape index (κ1) is 11.4. The normalized spacial score (nSPS) is 12.1. The highest BCUT2D eigenvalue weighted by Crippen LogP contribution is 2.24. The van der Waals surface area contributed by atoms with E-state index in [9.17, 15) is 0 Å². The molecule has 2 heterocycles. The summed E-state index contributed by atoms with van der Waals surface area (Å²) in [5, 5.41) is 0. The molecule has 0 saturated carbocycles. The summed E-state index contributed by atoms with van der Waals surface area (Å²) in [6.45, 7) is 0. The van der Waals surface area contributed by atoms with Crippen molar-refractivity contribution in [3.8, 4) is 5.75 Å². The van der Waals surface area contributed by atoms with Crippen LogP contribution in [0.2, 0.25) is 0 Å². The smallest absolute Gasteiger partial charge is 0.152 e. The third kappa shape index (κ3) is 2.38. The van der Waals surface area contributed by atoms with Gasteiger partial charge in [-0.3, -0.25) is 10.8 Å². The second-order valence-corrected chi connectivity index (χ2v) is 3.30. The van der Waals surface area contributed by atoms with E-state index < -0.39 is 6.04 Å².